The van der Waals surface area contributed by atoms with Gasteiger partial charge in [-0.15, -0.1) is 0 Å². The predicted octanol–water partition coefficient (Wildman–Crippen LogP) is 1.92. The quantitative estimate of drug-likeness (QED) is 0.746. The van der Waals surface area contributed by atoms with Crippen LogP contribution >= 0.6 is 0 Å². The molecule has 1 aromatic carbocycles. The lowest BCUT2D eigenvalue weighted by molar-refractivity contribution is 0.0627. The zero-order valence-corrected chi connectivity index (χ0v) is 13.9. The van der Waals surface area contributed by atoms with Crippen LogP contribution in [0.3, 0.4) is 0 Å². The Kier molecular flexibility index (Phi) is 6.31. The van der Waals surface area contributed by atoms with E-state index in [1.807, 2.05) is 37.4 Å². The standard InChI is InChI=1S/C17H23N3O3/c1-14-12-18-20(13-14)16-6-4-15(5-7-16)17(21)19(8-10-22-2)9-11-23-3/h4-7,12-13H,8-11H2,1-3H3. The molecule has 124 valence electrons. The van der Waals surface area contributed by atoms with Gasteiger partial charge in [-0.3, -0.25) is 4.79 Å². The van der Waals surface area contributed by atoms with Crippen LogP contribution < -0.4 is 0 Å². The molecular weight excluding hydrogens is 294 g/mol. The summed E-state index contributed by atoms with van der Waals surface area (Å²) in [6.45, 7) is 4.07. The number of carbonyl (C=O) groups is 1. The molecule has 0 spiro atoms. The summed E-state index contributed by atoms with van der Waals surface area (Å²) in [5.41, 5.74) is 2.66. The Bertz CT molecular complexity index is 614. The van der Waals surface area contributed by atoms with Crippen molar-refractivity contribution in [1.82, 2.24) is 14.7 Å². The molecule has 6 nitrogen and oxygen atoms in total. The zero-order valence-electron chi connectivity index (χ0n) is 13.9. The maximum absolute atomic E-state index is 12.6. The third kappa shape index (κ3) is 4.64. The Labute approximate surface area is 136 Å². The van der Waals surface area contributed by atoms with Gasteiger partial charge in [-0.2, -0.15) is 5.10 Å². The van der Waals surface area contributed by atoms with Crippen molar-refractivity contribution >= 4 is 5.91 Å². The largest absolute Gasteiger partial charge is 0.383 e. The molecule has 1 amide bonds. The molecule has 2 aromatic rings. The zero-order chi connectivity index (χ0) is 16.7. The molecule has 2 rings (SSSR count). The van der Waals surface area contributed by atoms with Crippen molar-refractivity contribution in [3.63, 3.8) is 0 Å². The molecule has 1 heterocycles. The number of nitrogens with zero attached hydrogens (tertiary/aromatic N) is 3. The van der Waals surface area contributed by atoms with E-state index in [1.54, 1.807) is 30.0 Å². The molecule has 0 aliphatic carbocycles. The third-order valence-corrected chi connectivity index (χ3v) is 3.51. The number of ether oxygens (including phenoxy) is 2. The predicted molar refractivity (Wildman–Crippen MR) is 88.0 cm³/mol. The second-order valence-corrected chi connectivity index (χ2v) is 5.29. The van der Waals surface area contributed by atoms with Crippen LogP contribution in [0.25, 0.3) is 5.69 Å². The summed E-state index contributed by atoms with van der Waals surface area (Å²) in [6.07, 6.45) is 3.75. The van der Waals surface area contributed by atoms with Crippen LogP contribution in [0.1, 0.15) is 15.9 Å². The lowest BCUT2D eigenvalue weighted by Crippen LogP contribution is -2.36. The minimum Gasteiger partial charge on any atom is -0.383 e. The van der Waals surface area contributed by atoms with Crippen molar-refractivity contribution in [2.24, 2.45) is 0 Å². The minimum absolute atomic E-state index is 0.0257. The molecule has 1 aromatic heterocycles. The fourth-order valence-corrected chi connectivity index (χ4v) is 2.21. The van der Waals surface area contributed by atoms with Gasteiger partial charge in [-0.1, -0.05) is 0 Å². The molecule has 0 N–H and O–H groups in total. The molecule has 0 radical (unpaired) electrons. The highest BCUT2D eigenvalue weighted by molar-refractivity contribution is 5.94. The minimum atomic E-state index is -0.0257. The van der Waals surface area contributed by atoms with Crippen LogP contribution in [0, 0.1) is 6.92 Å². The Morgan fingerprint density at radius 1 is 1.13 bits per heavy atom. The van der Waals surface area contributed by atoms with Crippen LogP contribution in [0.5, 0.6) is 0 Å². The normalized spacial score (nSPS) is 10.7. The lowest BCUT2D eigenvalue weighted by atomic mass is 10.1. The van der Waals surface area contributed by atoms with E-state index in [0.29, 0.717) is 31.9 Å². The summed E-state index contributed by atoms with van der Waals surface area (Å²) in [4.78, 5) is 14.3. The average Bonchev–Trinajstić information content (AvgIpc) is 3.01. The summed E-state index contributed by atoms with van der Waals surface area (Å²) in [6, 6.07) is 7.43. The summed E-state index contributed by atoms with van der Waals surface area (Å²) in [5.74, 6) is -0.0257. The van der Waals surface area contributed by atoms with Crippen LogP contribution in [0.15, 0.2) is 36.7 Å². The van der Waals surface area contributed by atoms with Gasteiger partial charge in [0.05, 0.1) is 25.1 Å². The van der Waals surface area contributed by atoms with Crippen LogP contribution in [0.4, 0.5) is 0 Å². The maximum atomic E-state index is 12.6. The lowest BCUT2D eigenvalue weighted by Gasteiger charge is -2.22. The van der Waals surface area contributed by atoms with E-state index >= 15 is 0 Å². The first-order valence-corrected chi connectivity index (χ1v) is 7.54. The number of aryl methyl sites for hydroxylation is 1. The molecular formula is C17H23N3O3. The first-order valence-electron chi connectivity index (χ1n) is 7.54. The van der Waals surface area contributed by atoms with E-state index < -0.39 is 0 Å². The van der Waals surface area contributed by atoms with Gasteiger partial charge >= 0.3 is 0 Å². The number of rotatable bonds is 8. The molecule has 0 saturated carbocycles. The van der Waals surface area contributed by atoms with Gasteiger partial charge in [-0.25, -0.2) is 4.68 Å². The van der Waals surface area contributed by atoms with E-state index in [1.165, 1.54) is 0 Å². The maximum Gasteiger partial charge on any atom is 0.254 e. The molecule has 0 bridgehead atoms. The monoisotopic (exact) mass is 317 g/mol. The molecule has 0 unspecified atom stereocenters. The van der Waals surface area contributed by atoms with Crippen molar-refractivity contribution < 1.29 is 14.3 Å². The van der Waals surface area contributed by atoms with Crippen LogP contribution in [-0.4, -0.2) is 61.1 Å². The van der Waals surface area contributed by atoms with E-state index in [9.17, 15) is 4.79 Å². The number of aromatic nitrogens is 2. The molecule has 0 atom stereocenters. The van der Waals surface area contributed by atoms with Gasteiger partial charge in [0.15, 0.2) is 0 Å². The Hall–Kier alpha value is -2.18. The Balaban J connectivity index is 2.10. The van der Waals surface area contributed by atoms with Gasteiger partial charge in [0.2, 0.25) is 0 Å². The van der Waals surface area contributed by atoms with Gasteiger partial charge in [0.1, 0.15) is 0 Å². The van der Waals surface area contributed by atoms with Gasteiger partial charge in [0, 0.05) is 39.1 Å². The summed E-state index contributed by atoms with van der Waals surface area (Å²) in [7, 11) is 3.25. The van der Waals surface area contributed by atoms with E-state index in [-0.39, 0.29) is 5.91 Å². The van der Waals surface area contributed by atoms with Gasteiger partial charge in [-0.05, 0) is 36.8 Å². The highest BCUT2D eigenvalue weighted by atomic mass is 16.5. The molecule has 0 saturated heterocycles. The fraction of sp³-hybridized carbons (Fsp3) is 0.412. The molecule has 0 aliphatic heterocycles. The highest BCUT2D eigenvalue weighted by Gasteiger charge is 2.15. The number of amides is 1. The molecule has 0 aliphatic rings. The number of hydrogen-bond donors (Lipinski definition) is 0. The van der Waals surface area contributed by atoms with Gasteiger partial charge < -0.3 is 14.4 Å². The van der Waals surface area contributed by atoms with E-state index in [4.69, 9.17) is 9.47 Å². The second-order valence-electron chi connectivity index (χ2n) is 5.29. The van der Waals surface area contributed by atoms with Crippen molar-refractivity contribution in [2.45, 2.75) is 6.92 Å². The Morgan fingerprint density at radius 3 is 2.22 bits per heavy atom. The summed E-state index contributed by atoms with van der Waals surface area (Å²) in [5, 5.41) is 4.26. The van der Waals surface area contributed by atoms with Gasteiger partial charge in [0.25, 0.3) is 5.91 Å². The van der Waals surface area contributed by atoms with Crippen LogP contribution in [-0.2, 0) is 9.47 Å². The topological polar surface area (TPSA) is 56.6 Å². The smallest absolute Gasteiger partial charge is 0.254 e. The van der Waals surface area contributed by atoms with E-state index in [0.717, 1.165) is 11.3 Å². The first kappa shape index (κ1) is 17.2. The second kappa shape index (κ2) is 8.45. The number of benzene rings is 1. The van der Waals surface area contributed by atoms with Crippen molar-refractivity contribution in [3.8, 4) is 5.69 Å². The van der Waals surface area contributed by atoms with Crippen molar-refractivity contribution in [2.75, 3.05) is 40.5 Å². The van der Waals surface area contributed by atoms with Crippen molar-refractivity contribution in [3.05, 3.63) is 47.8 Å². The van der Waals surface area contributed by atoms with Crippen LogP contribution in [0.2, 0.25) is 0 Å². The number of methoxy groups -OCH3 is 2. The van der Waals surface area contributed by atoms with Crippen molar-refractivity contribution in [1.29, 1.82) is 0 Å². The summed E-state index contributed by atoms with van der Waals surface area (Å²) >= 11 is 0. The average molecular weight is 317 g/mol. The fourth-order valence-electron chi connectivity index (χ4n) is 2.21. The number of hydrogen-bond acceptors (Lipinski definition) is 4. The Morgan fingerprint density at radius 2 is 1.74 bits per heavy atom. The number of carbonyl (C=O) groups excluding carboxylic acids is 1. The molecule has 0 fully saturated rings. The first-order chi connectivity index (χ1) is 11.2. The molecule has 23 heavy (non-hydrogen) atoms. The SMILES string of the molecule is COCCN(CCOC)C(=O)c1ccc(-n2cc(C)cn2)cc1. The third-order valence-electron chi connectivity index (χ3n) is 3.51. The highest BCUT2D eigenvalue weighted by Crippen LogP contribution is 2.12. The molecule has 6 heteroatoms. The van der Waals surface area contributed by atoms with E-state index in [2.05, 4.69) is 5.10 Å². The summed E-state index contributed by atoms with van der Waals surface area (Å²) < 4.78 is 11.9.